The largest absolute Gasteiger partial charge is 0.398 e. The molecule has 1 saturated heterocycles. The molecule has 0 aliphatic carbocycles. The van der Waals surface area contributed by atoms with E-state index in [9.17, 15) is 4.79 Å². The SMILES string of the molecule is NC(=O)C1CCN(Cc2ccc(Cl)c(N)c2)C1. The molecule has 1 amide bonds. The van der Waals surface area contributed by atoms with Crippen molar-refractivity contribution in [3.8, 4) is 0 Å². The fourth-order valence-corrected chi connectivity index (χ4v) is 2.28. The first-order valence-electron chi connectivity index (χ1n) is 5.62. The van der Waals surface area contributed by atoms with Crippen LogP contribution in [-0.4, -0.2) is 23.9 Å². The molecule has 0 aromatic heterocycles. The molecule has 5 heteroatoms. The molecule has 1 unspecified atom stereocenters. The van der Waals surface area contributed by atoms with E-state index in [-0.39, 0.29) is 11.8 Å². The summed E-state index contributed by atoms with van der Waals surface area (Å²) >= 11 is 5.86. The number of hydrogen-bond donors (Lipinski definition) is 2. The normalized spacial score (nSPS) is 20.6. The van der Waals surface area contributed by atoms with Crippen LogP contribution in [0.5, 0.6) is 0 Å². The Morgan fingerprint density at radius 1 is 1.53 bits per heavy atom. The Hall–Kier alpha value is -1.26. The van der Waals surface area contributed by atoms with E-state index in [1.54, 1.807) is 6.07 Å². The number of primary amides is 1. The monoisotopic (exact) mass is 253 g/mol. The lowest BCUT2D eigenvalue weighted by atomic mass is 10.1. The van der Waals surface area contributed by atoms with Crippen LogP contribution >= 0.6 is 11.6 Å². The third kappa shape index (κ3) is 2.90. The second kappa shape index (κ2) is 4.94. The van der Waals surface area contributed by atoms with E-state index in [0.29, 0.717) is 10.7 Å². The molecule has 4 nitrogen and oxygen atoms in total. The Bertz CT molecular complexity index is 436. The second-order valence-corrected chi connectivity index (χ2v) is 4.89. The first kappa shape index (κ1) is 12.2. The van der Waals surface area contributed by atoms with Crippen LogP contribution in [0.2, 0.25) is 5.02 Å². The summed E-state index contributed by atoms with van der Waals surface area (Å²) < 4.78 is 0. The number of nitrogen functional groups attached to an aromatic ring is 1. The smallest absolute Gasteiger partial charge is 0.221 e. The molecule has 0 saturated carbocycles. The molecule has 92 valence electrons. The van der Waals surface area contributed by atoms with Crippen LogP contribution in [0.4, 0.5) is 5.69 Å². The minimum absolute atomic E-state index is 0.0142. The van der Waals surface area contributed by atoms with Crippen molar-refractivity contribution in [2.24, 2.45) is 11.7 Å². The number of hydrogen-bond acceptors (Lipinski definition) is 3. The van der Waals surface area contributed by atoms with Crippen molar-refractivity contribution in [1.29, 1.82) is 0 Å². The number of anilines is 1. The van der Waals surface area contributed by atoms with Crippen LogP contribution in [0.25, 0.3) is 0 Å². The van der Waals surface area contributed by atoms with Gasteiger partial charge in [-0.25, -0.2) is 0 Å². The minimum atomic E-state index is -0.205. The fraction of sp³-hybridized carbons (Fsp3) is 0.417. The van der Waals surface area contributed by atoms with Crippen LogP contribution in [0.15, 0.2) is 18.2 Å². The number of rotatable bonds is 3. The van der Waals surface area contributed by atoms with Gasteiger partial charge in [-0.05, 0) is 30.7 Å². The van der Waals surface area contributed by atoms with Gasteiger partial charge in [0.2, 0.25) is 5.91 Å². The quantitative estimate of drug-likeness (QED) is 0.796. The van der Waals surface area contributed by atoms with Crippen LogP contribution in [0.1, 0.15) is 12.0 Å². The zero-order valence-corrected chi connectivity index (χ0v) is 10.3. The Morgan fingerprint density at radius 3 is 2.88 bits per heavy atom. The number of halogens is 1. The van der Waals surface area contributed by atoms with Gasteiger partial charge in [0, 0.05) is 13.1 Å². The van der Waals surface area contributed by atoms with Crippen molar-refractivity contribution in [3.05, 3.63) is 28.8 Å². The first-order chi connectivity index (χ1) is 8.06. The van der Waals surface area contributed by atoms with E-state index in [1.807, 2.05) is 12.1 Å². The van der Waals surface area contributed by atoms with E-state index >= 15 is 0 Å². The Morgan fingerprint density at radius 2 is 2.29 bits per heavy atom. The minimum Gasteiger partial charge on any atom is -0.398 e. The third-order valence-electron chi connectivity index (χ3n) is 3.14. The lowest BCUT2D eigenvalue weighted by Gasteiger charge is -2.15. The number of nitrogens with two attached hydrogens (primary N) is 2. The standard InChI is InChI=1S/C12H16ClN3O/c13-10-2-1-8(5-11(10)14)6-16-4-3-9(7-16)12(15)17/h1-2,5,9H,3-4,6-7,14H2,(H2,15,17). The van der Waals surface area contributed by atoms with Gasteiger partial charge in [-0.1, -0.05) is 17.7 Å². The number of carbonyl (C=O) groups is 1. The van der Waals surface area contributed by atoms with Crippen LogP contribution < -0.4 is 11.5 Å². The summed E-state index contributed by atoms with van der Waals surface area (Å²) in [6, 6.07) is 5.63. The van der Waals surface area contributed by atoms with E-state index in [1.165, 1.54) is 0 Å². The summed E-state index contributed by atoms with van der Waals surface area (Å²) in [5, 5.41) is 0.574. The van der Waals surface area contributed by atoms with Crippen molar-refractivity contribution < 1.29 is 4.79 Å². The molecule has 2 rings (SSSR count). The van der Waals surface area contributed by atoms with Gasteiger partial charge in [-0.3, -0.25) is 9.69 Å². The van der Waals surface area contributed by atoms with Crippen molar-refractivity contribution in [2.45, 2.75) is 13.0 Å². The Labute approximate surface area is 106 Å². The summed E-state index contributed by atoms with van der Waals surface area (Å²) in [7, 11) is 0. The molecule has 1 aromatic carbocycles. The molecule has 0 radical (unpaired) electrons. The molecule has 1 heterocycles. The maximum Gasteiger partial charge on any atom is 0.221 e. The van der Waals surface area contributed by atoms with E-state index in [4.69, 9.17) is 23.1 Å². The molecule has 0 spiro atoms. The highest BCUT2D eigenvalue weighted by Crippen LogP contribution is 2.22. The van der Waals surface area contributed by atoms with Gasteiger partial charge in [0.25, 0.3) is 0 Å². The molecule has 1 fully saturated rings. The number of likely N-dealkylation sites (tertiary alicyclic amines) is 1. The maximum atomic E-state index is 11.1. The summed E-state index contributed by atoms with van der Waals surface area (Å²) in [5.41, 5.74) is 12.7. The summed E-state index contributed by atoms with van der Waals surface area (Å²) in [4.78, 5) is 13.3. The van der Waals surface area contributed by atoms with Gasteiger partial charge in [0.15, 0.2) is 0 Å². The third-order valence-corrected chi connectivity index (χ3v) is 3.49. The Balaban J connectivity index is 1.98. The molecule has 1 aliphatic heterocycles. The maximum absolute atomic E-state index is 11.1. The number of nitrogens with zero attached hydrogens (tertiary/aromatic N) is 1. The molecule has 4 N–H and O–H groups in total. The van der Waals surface area contributed by atoms with Crippen LogP contribution in [0, 0.1) is 5.92 Å². The molecule has 1 atom stereocenters. The molecule has 0 bridgehead atoms. The molecular formula is C12H16ClN3O. The van der Waals surface area contributed by atoms with E-state index in [0.717, 1.165) is 31.6 Å². The van der Waals surface area contributed by atoms with Gasteiger partial charge < -0.3 is 11.5 Å². The highest BCUT2D eigenvalue weighted by Gasteiger charge is 2.26. The molecular weight excluding hydrogens is 238 g/mol. The van der Waals surface area contributed by atoms with Crippen LogP contribution in [-0.2, 0) is 11.3 Å². The topological polar surface area (TPSA) is 72.4 Å². The van der Waals surface area contributed by atoms with E-state index in [2.05, 4.69) is 4.90 Å². The number of benzene rings is 1. The van der Waals surface area contributed by atoms with E-state index < -0.39 is 0 Å². The van der Waals surface area contributed by atoms with Gasteiger partial charge in [0.1, 0.15) is 0 Å². The average Bonchev–Trinajstić information content (AvgIpc) is 2.72. The van der Waals surface area contributed by atoms with Crippen molar-refractivity contribution in [3.63, 3.8) is 0 Å². The van der Waals surface area contributed by atoms with Gasteiger partial charge in [0.05, 0.1) is 16.6 Å². The summed E-state index contributed by atoms with van der Waals surface area (Å²) in [6.45, 7) is 2.42. The predicted molar refractivity (Wildman–Crippen MR) is 68.4 cm³/mol. The van der Waals surface area contributed by atoms with Crippen molar-refractivity contribution >= 4 is 23.2 Å². The average molecular weight is 254 g/mol. The summed E-state index contributed by atoms with van der Waals surface area (Å²) in [6.07, 6.45) is 0.846. The van der Waals surface area contributed by atoms with Gasteiger partial charge >= 0.3 is 0 Å². The van der Waals surface area contributed by atoms with Crippen molar-refractivity contribution in [1.82, 2.24) is 4.90 Å². The molecule has 1 aliphatic rings. The first-order valence-corrected chi connectivity index (χ1v) is 5.99. The zero-order valence-electron chi connectivity index (χ0n) is 9.53. The lowest BCUT2D eigenvalue weighted by molar-refractivity contribution is -0.121. The summed E-state index contributed by atoms with van der Waals surface area (Å²) in [5.74, 6) is -0.220. The molecule has 1 aromatic rings. The number of carbonyl (C=O) groups excluding carboxylic acids is 1. The van der Waals surface area contributed by atoms with Crippen molar-refractivity contribution in [2.75, 3.05) is 18.8 Å². The zero-order chi connectivity index (χ0) is 12.4. The highest BCUT2D eigenvalue weighted by molar-refractivity contribution is 6.33. The molecule has 17 heavy (non-hydrogen) atoms. The van der Waals surface area contributed by atoms with Gasteiger partial charge in [-0.2, -0.15) is 0 Å². The highest BCUT2D eigenvalue weighted by atomic mass is 35.5. The lowest BCUT2D eigenvalue weighted by Crippen LogP contribution is -2.27. The van der Waals surface area contributed by atoms with Crippen LogP contribution in [0.3, 0.4) is 0 Å². The Kier molecular flexibility index (Phi) is 3.54. The second-order valence-electron chi connectivity index (χ2n) is 4.48. The number of amides is 1. The van der Waals surface area contributed by atoms with Gasteiger partial charge in [-0.15, -0.1) is 0 Å². The predicted octanol–water partition coefficient (Wildman–Crippen LogP) is 1.23. The fourth-order valence-electron chi connectivity index (χ4n) is 2.16.